The van der Waals surface area contributed by atoms with Gasteiger partial charge in [0.1, 0.15) is 5.82 Å². The van der Waals surface area contributed by atoms with Crippen molar-refractivity contribution in [3.8, 4) is 0 Å². The number of allylic oxidation sites excluding steroid dienone is 4. The Bertz CT molecular complexity index is 507. The van der Waals surface area contributed by atoms with E-state index < -0.39 is 0 Å². The Kier molecular flexibility index (Phi) is 4.13. The predicted octanol–water partition coefficient (Wildman–Crippen LogP) is 3.55. The van der Waals surface area contributed by atoms with Crippen LogP contribution in [-0.2, 0) is 0 Å². The van der Waals surface area contributed by atoms with Crippen molar-refractivity contribution in [2.24, 2.45) is 4.99 Å². The summed E-state index contributed by atoms with van der Waals surface area (Å²) in [5.41, 5.74) is 3.46. The molecule has 92 valence electrons. The zero-order chi connectivity index (χ0) is 12.8. The van der Waals surface area contributed by atoms with Gasteiger partial charge in [-0.3, -0.25) is 0 Å². The summed E-state index contributed by atoms with van der Waals surface area (Å²) in [5, 5.41) is 3.29. The van der Waals surface area contributed by atoms with Gasteiger partial charge in [0.15, 0.2) is 0 Å². The number of rotatable bonds is 4. The predicted molar refractivity (Wildman–Crippen MR) is 78.4 cm³/mol. The first-order chi connectivity index (χ1) is 8.86. The highest BCUT2D eigenvalue weighted by Crippen LogP contribution is 2.28. The monoisotopic (exact) mass is 238 g/mol. The summed E-state index contributed by atoms with van der Waals surface area (Å²) in [7, 11) is 0. The topological polar surface area (TPSA) is 24.4 Å². The normalized spacial score (nSPS) is 15.1. The maximum Gasteiger partial charge on any atom is 0.133 e. The van der Waals surface area contributed by atoms with Crippen molar-refractivity contribution >= 4 is 11.8 Å². The van der Waals surface area contributed by atoms with E-state index in [9.17, 15) is 0 Å². The molecule has 0 radical (unpaired) electrons. The minimum absolute atomic E-state index is 0.844. The Hall–Kier alpha value is -2.09. The third-order valence-electron chi connectivity index (χ3n) is 2.83. The molecular weight excluding hydrogens is 220 g/mol. The summed E-state index contributed by atoms with van der Waals surface area (Å²) in [6.07, 6.45) is 6.84. The fourth-order valence-electron chi connectivity index (χ4n) is 2.03. The molecule has 1 aliphatic rings. The SMILES string of the molecule is C=CC1=C(NCC)N=CCC=C1c1ccccc1. The summed E-state index contributed by atoms with van der Waals surface area (Å²) in [6, 6.07) is 10.4. The van der Waals surface area contributed by atoms with Gasteiger partial charge in [-0.05, 0) is 18.1 Å². The quantitative estimate of drug-likeness (QED) is 0.852. The molecule has 2 nitrogen and oxygen atoms in total. The molecule has 2 heteroatoms. The van der Waals surface area contributed by atoms with Crippen molar-refractivity contribution in [2.75, 3.05) is 6.54 Å². The van der Waals surface area contributed by atoms with Gasteiger partial charge in [-0.2, -0.15) is 0 Å². The van der Waals surface area contributed by atoms with E-state index in [1.54, 1.807) is 0 Å². The molecule has 1 aromatic carbocycles. The fraction of sp³-hybridized carbons (Fsp3) is 0.188. The molecule has 0 fully saturated rings. The van der Waals surface area contributed by atoms with Crippen LogP contribution < -0.4 is 5.32 Å². The van der Waals surface area contributed by atoms with E-state index in [1.807, 2.05) is 18.4 Å². The lowest BCUT2D eigenvalue weighted by Crippen LogP contribution is -2.12. The van der Waals surface area contributed by atoms with Crippen molar-refractivity contribution in [3.05, 3.63) is 66.0 Å². The fourth-order valence-corrected chi connectivity index (χ4v) is 2.03. The standard InChI is InChI=1S/C16H18N2/c1-3-14-15(13-9-6-5-7-10-13)11-8-12-18-16(14)17-4-2/h3,5-7,9-12,17H,1,4,8H2,2H3. The summed E-state index contributed by atoms with van der Waals surface area (Å²) in [5.74, 6) is 0.903. The molecule has 0 bridgehead atoms. The molecule has 1 aliphatic heterocycles. The molecule has 1 heterocycles. The molecule has 0 saturated heterocycles. The molecular formula is C16H18N2. The van der Waals surface area contributed by atoms with E-state index >= 15 is 0 Å². The highest BCUT2D eigenvalue weighted by Gasteiger charge is 2.11. The summed E-state index contributed by atoms with van der Waals surface area (Å²) in [4.78, 5) is 4.46. The molecule has 0 saturated carbocycles. The van der Waals surface area contributed by atoms with E-state index in [4.69, 9.17) is 0 Å². The molecule has 0 amide bonds. The van der Waals surface area contributed by atoms with Gasteiger partial charge in [0, 0.05) is 24.8 Å². The minimum atomic E-state index is 0.844. The van der Waals surface area contributed by atoms with Crippen LogP contribution in [0.3, 0.4) is 0 Å². The molecule has 0 spiro atoms. The third kappa shape index (κ3) is 2.59. The molecule has 0 aromatic heterocycles. The Morgan fingerprint density at radius 2 is 2.11 bits per heavy atom. The van der Waals surface area contributed by atoms with Crippen molar-refractivity contribution < 1.29 is 0 Å². The largest absolute Gasteiger partial charge is 0.370 e. The number of hydrogen-bond acceptors (Lipinski definition) is 2. The molecule has 0 aliphatic carbocycles. The van der Waals surface area contributed by atoms with Gasteiger partial charge >= 0.3 is 0 Å². The van der Waals surface area contributed by atoms with Crippen molar-refractivity contribution in [3.63, 3.8) is 0 Å². The highest BCUT2D eigenvalue weighted by molar-refractivity contribution is 5.85. The van der Waals surface area contributed by atoms with Gasteiger partial charge in [-0.25, -0.2) is 4.99 Å². The van der Waals surface area contributed by atoms with E-state index in [0.717, 1.165) is 24.4 Å². The lowest BCUT2D eigenvalue weighted by molar-refractivity contribution is 0.837. The van der Waals surface area contributed by atoms with Crippen molar-refractivity contribution in [2.45, 2.75) is 13.3 Å². The van der Waals surface area contributed by atoms with Crippen LogP contribution in [0.4, 0.5) is 0 Å². The highest BCUT2D eigenvalue weighted by atomic mass is 15.0. The number of aliphatic imine (C=N–C) groups is 1. The van der Waals surface area contributed by atoms with Crippen LogP contribution in [0.5, 0.6) is 0 Å². The van der Waals surface area contributed by atoms with Gasteiger partial charge in [-0.15, -0.1) is 0 Å². The second kappa shape index (κ2) is 6.01. The smallest absolute Gasteiger partial charge is 0.133 e. The summed E-state index contributed by atoms with van der Waals surface area (Å²) >= 11 is 0. The van der Waals surface area contributed by atoms with Gasteiger partial charge < -0.3 is 5.32 Å². The van der Waals surface area contributed by atoms with Crippen molar-refractivity contribution in [1.82, 2.24) is 5.32 Å². The minimum Gasteiger partial charge on any atom is -0.370 e. The van der Waals surface area contributed by atoms with Crippen LogP contribution in [0, 0.1) is 0 Å². The van der Waals surface area contributed by atoms with E-state index in [2.05, 4.69) is 54.2 Å². The van der Waals surface area contributed by atoms with Crippen LogP contribution in [0.15, 0.2) is 65.4 Å². The second-order valence-corrected chi connectivity index (χ2v) is 4.03. The second-order valence-electron chi connectivity index (χ2n) is 4.03. The Morgan fingerprint density at radius 3 is 2.78 bits per heavy atom. The van der Waals surface area contributed by atoms with Crippen LogP contribution in [0.25, 0.3) is 5.57 Å². The number of hydrogen-bond donors (Lipinski definition) is 1. The zero-order valence-corrected chi connectivity index (χ0v) is 10.7. The number of nitrogens with one attached hydrogen (secondary N) is 1. The summed E-state index contributed by atoms with van der Waals surface area (Å²) < 4.78 is 0. The van der Waals surface area contributed by atoms with E-state index in [0.29, 0.717) is 0 Å². The number of benzene rings is 1. The molecule has 0 unspecified atom stereocenters. The Labute approximate surface area is 108 Å². The average Bonchev–Trinajstić information content (AvgIpc) is 2.62. The first kappa shape index (κ1) is 12.4. The molecule has 1 N–H and O–H groups in total. The van der Waals surface area contributed by atoms with Gasteiger partial charge in [-0.1, -0.05) is 49.1 Å². The van der Waals surface area contributed by atoms with Crippen molar-refractivity contribution in [1.29, 1.82) is 0 Å². The van der Waals surface area contributed by atoms with Gasteiger partial charge in [0.05, 0.1) is 0 Å². The molecule has 1 aromatic rings. The van der Waals surface area contributed by atoms with E-state index in [1.165, 1.54) is 11.1 Å². The van der Waals surface area contributed by atoms with Gasteiger partial charge in [0.25, 0.3) is 0 Å². The van der Waals surface area contributed by atoms with Crippen LogP contribution >= 0.6 is 0 Å². The van der Waals surface area contributed by atoms with Crippen LogP contribution in [0.1, 0.15) is 18.9 Å². The molecule has 18 heavy (non-hydrogen) atoms. The first-order valence-corrected chi connectivity index (χ1v) is 6.26. The van der Waals surface area contributed by atoms with Crippen LogP contribution in [0.2, 0.25) is 0 Å². The Balaban J connectivity index is 2.49. The maximum atomic E-state index is 4.46. The number of nitrogens with zero attached hydrogens (tertiary/aromatic N) is 1. The summed E-state index contributed by atoms with van der Waals surface area (Å²) in [6.45, 7) is 6.84. The lowest BCUT2D eigenvalue weighted by Gasteiger charge is -2.12. The van der Waals surface area contributed by atoms with Crippen LogP contribution in [-0.4, -0.2) is 12.8 Å². The first-order valence-electron chi connectivity index (χ1n) is 6.26. The molecule has 2 rings (SSSR count). The maximum absolute atomic E-state index is 4.46. The molecule has 0 atom stereocenters. The Morgan fingerprint density at radius 1 is 1.33 bits per heavy atom. The van der Waals surface area contributed by atoms with E-state index in [-0.39, 0.29) is 0 Å². The third-order valence-corrected chi connectivity index (χ3v) is 2.83. The zero-order valence-electron chi connectivity index (χ0n) is 10.7. The average molecular weight is 238 g/mol. The van der Waals surface area contributed by atoms with Gasteiger partial charge in [0.2, 0.25) is 0 Å². The lowest BCUT2D eigenvalue weighted by atomic mass is 9.97.